The summed E-state index contributed by atoms with van der Waals surface area (Å²) in [7, 11) is 0. The lowest BCUT2D eigenvalue weighted by Crippen LogP contribution is -1.95. The lowest BCUT2D eigenvalue weighted by atomic mass is 9.96. The Morgan fingerprint density at radius 2 is 1.09 bits per heavy atom. The summed E-state index contributed by atoms with van der Waals surface area (Å²) in [6.07, 6.45) is 27.5. The van der Waals surface area contributed by atoms with Crippen LogP contribution in [-0.4, -0.2) is 0 Å². The van der Waals surface area contributed by atoms with Crippen LogP contribution in [-0.2, 0) is 0 Å². The molecule has 0 fully saturated rings. The predicted molar refractivity (Wildman–Crippen MR) is 104 cm³/mol. The first-order chi connectivity index (χ1) is 10.8. The fraction of sp³-hybridized carbons (Fsp3) is 0.909. The van der Waals surface area contributed by atoms with Crippen molar-refractivity contribution in [2.75, 3.05) is 0 Å². The molecule has 0 spiro atoms. The van der Waals surface area contributed by atoms with Gasteiger partial charge in [-0.15, -0.1) is 0 Å². The van der Waals surface area contributed by atoms with Crippen molar-refractivity contribution >= 4 is 0 Å². The molecule has 22 heavy (non-hydrogen) atoms. The average molecular weight is 309 g/mol. The molecule has 0 radical (unpaired) electrons. The Labute approximate surface area is 142 Å². The van der Waals surface area contributed by atoms with Gasteiger partial charge in [-0.05, 0) is 25.7 Å². The molecule has 0 aliphatic heterocycles. The van der Waals surface area contributed by atoms with Crippen molar-refractivity contribution in [1.29, 1.82) is 0 Å². The van der Waals surface area contributed by atoms with Crippen LogP contribution in [0.3, 0.4) is 0 Å². The highest BCUT2D eigenvalue weighted by Crippen LogP contribution is 2.18. The van der Waals surface area contributed by atoms with Gasteiger partial charge >= 0.3 is 0 Å². The second-order valence-corrected chi connectivity index (χ2v) is 7.28. The zero-order chi connectivity index (χ0) is 16.3. The maximum absolute atomic E-state index is 2.47. The molecule has 0 amide bonds. The molecule has 1 atom stereocenters. The van der Waals surface area contributed by atoms with Gasteiger partial charge in [-0.25, -0.2) is 0 Å². The minimum atomic E-state index is 0.961. The number of rotatable bonds is 17. The van der Waals surface area contributed by atoms with Gasteiger partial charge in [-0.2, -0.15) is 0 Å². The van der Waals surface area contributed by atoms with E-state index in [1.165, 1.54) is 103 Å². The quantitative estimate of drug-likeness (QED) is 0.187. The highest BCUT2D eigenvalue weighted by atomic mass is 14.1. The third-order valence-electron chi connectivity index (χ3n) is 4.85. The minimum Gasteiger partial charge on any atom is -0.0917 e. The summed E-state index contributed by atoms with van der Waals surface area (Å²) >= 11 is 0. The molecule has 0 N–H and O–H groups in total. The number of allylic oxidation sites excluding steroid dienone is 2. The minimum absolute atomic E-state index is 0.961. The van der Waals surface area contributed by atoms with Gasteiger partial charge < -0.3 is 0 Å². The number of hydrogen-bond acceptors (Lipinski definition) is 0. The molecular weight excluding hydrogens is 264 g/mol. The maximum Gasteiger partial charge on any atom is -0.0351 e. The summed E-state index contributed by atoms with van der Waals surface area (Å²) in [5.74, 6) is 0.961. The number of unbranched alkanes of at least 4 members (excludes halogenated alkanes) is 12. The standard InChI is InChI=1S/C22H44/c1-4-6-8-10-12-14-16-18-20-22(3)21-19-17-15-13-11-9-7-5-2/h4,6,22H,5,7-21H2,1-3H3/b6-4+. The molecule has 0 aliphatic carbocycles. The molecule has 0 aliphatic rings. The molecule has 0 saturated carbocycles. The van der Waals surface area contributed by atoms with Crippen molar-refractivity contribution < 1.29 is 0 Å². The van der Waals surface area contributed by atoms with E-state index in [-0.39, 0.29) is 0 Å². The Balaban J connectivity index is 3.14. The molecule has 0 nitrogen and oxygen atoms in total. The Morgan fingerprint density at radius 3 is 1.59 bits per heavy atom. The first-order valence-corrected chi connectivity index (χ1v) is 10.4. The van der Waals surface area contributed by atoms with E-state index in [1.807, 2.05) is 0 Å². The van der Waals surface area contributed by atoms with Gasteiger partial charge in [-0.3, -0.25) is 0 Å². The molecule has 132 valence electrons. The van der Waals surface area contributed by atoms with E-state index >= 15 is 0 Å². The number of hydrogen-bond donors (Lipinski definition) is 0. The topological polar surface area (TPSA) is 0 Å². The highest BCUT2D eigenvalue weighted by molar-refractivity contribution is 4.76. The largest absolute Gasteiger partial charge is 0.0917 e. The lowest BCUT2D eigenvalue weighted by molar-refractivity contribution is 0.431. The second kappa shape index (κ2) is 18.8. The van der Waals surface area contributed by atoms with Gasteiger partial charge in [0, 0.05) is 0 Å². The van der Waals surface area contributed by atoms with Gasteiger partial charge in [0.25, 0.3) is 0 Å². The van der Waals surface area contributed by atoms with Gasteiger partial charge in [0.2, 0.25) is 0 Å². The van der Waals surface area contributed by atoms with E-state index in [9.17, 15) is 0 Å². The van der Waals surface area contributed by atoms with Crippen molar-refractivity contribution in [3.63, 3.8) is 0 Å². The fourth-order valence-electron chi connectivity index (χ4n) is 3.22. The van der Waals surface area contributed by atoms with Crippen LogP contribution in [0.4, 0.5) is 0 Å². The Kier molecular flexibility index (Phi) is 18.6. The Morgan fingerprint density at radius 1 is 0.636 bits per heavy atom. The summed E-state index contributed by atoms with van der Waals surface area (Å²) in [4.78, 5) is 0. The van der Waals surface area contributed by atoms with Crippen molar-refractivity contribution in [1.82, 2.24) is 0 Å². The summed E-state index contributed by atoms with van der Waals surface area (Å²) in [6, 6.07) is 0. The molecule has 1 unspecified atom stereocenters. The third kappa shape index (κ3) is 17.8. The van der Waals surface area contributed by atoms with Crippen LogP contribution in [0.1, 0.15) is 124 Å². The lowest BCUT2D eigenvalue weighted by Gasteiger charge is -2.11. The van der Waals surface area contributed by atoms with Crippen molar-refractivity contribution in [3.05, 3.63) is 12.2 Å². The Bertz CT molecular complexity index is 216. The summed E-state index contributed by atoms with van der Waals surface area (Å²) in [5, 5.41) is 0. The zero-order valence-corrected chi connectivity index (χ0v) is 16.0. The van der Waals surface area contributed by atoms with Crippen LogP contribution >= 0.6 is 0 Å². The normalized spacial score (nSPS) is 13.0. The van der Waals surface area contributed by atoms with E-state index in [0.717, 1.165) is 5.92 Å². The molecule has 0 aromatic heterocycles. The first-order valence-electron chi connectivity index (χ1n) is 10.4. The van der Waals surface area contributed by atoms with Gasteiger partial charge in [0.05, 0.1) is 0 Å². The highest BCUT2D eigenvalue weighted by Gasteiger charge is 2.02. The predicted octanol–water partition coefficient (Wildman–Crippen LogP) is 8.46. The summed E-state index contributed by atoms with van der Waals surface area (Å²) < 4.78 is 0. The van der Waals surface area contributed by atoms with Crippen molar-refractivity contribution in [3.8, 4) is 0 Å². The van der Waals surface area contributed by atoms with Gasteiger partial charge in [0.15, 0.2) is 0 Å². The Hall–Kier alpha value is -0.260. The maximum atomic E-state index is 2.47. The first kappa shape index (κ1) is 21.7. The van der Waals surface area contributed by atoms with Crippen LogP contribution in [0.5, 0.6) is 0 Å². The zero-order valence-electron chi connectivity index (χ0n) is 16.0. The summed E-state index contributed by atoms with van der Waals surface area (Å²) in [5.41, 5.74) is 0. The van der Waals surface area contributed by atoms with Crippen LogP contribution in [0.2, 0.25) is 0 Å². The summed E-state index contributed by atoms with van der Waals surface area (Å²) in [6.45, 7) is 6.88. The SMILES string of the molecule is C/C=C/CCCCCCCC(C)CCCCCCCCCC. The van der Waals surface area contributed by atoms with Gasteiger partial charge in [-0.1, -0.05) is 116 Å². The molecule has 0 aromatic rings. The fourth-order valence-corrected chi connectivity index (χ4v) is 3.22. The van der Waals surface area contributed by atoms with E-state index in [0.29, 0.717) is 0 Å². The molecule has 0 bridgehead atoms. The van der Waals surface area contributed by atoms with Gasteiger partial charge in [0.1, 0.15) is 0 Å². The molecule has 0 rings (SSSR count). The van der Waals surface area contributed by atoms with Crippen LogP contribution in [0.25, 0.3) is 0 Å². The molecule has 0 heterocycles. The van der Waals surface area contributed by atoms with Crippen LogP contribution in [0.15, 0.2) is 12.2 Å². The smallest absolute Gasteiger partial charge is 0.0351 e. The van der Waals surface area contributed by atoms with E-state index < -0.39 is 0 Å². The average Bonchev–Trinajstić information content (AvgIpc) is 2.52. The molecular formula is C22H44. The van der Waals surface area contributed by atoms with Crippen molar-refractivity contribution in [2.24, 2.45) is 5.92 Å². The molecule has 0 saturated heterocycles. The van der Waals surface area contributed by atoms with E-state index in [4.69, 9.17) is 0 Å². The third-order valence-corrected chi connectivity index (χ3v) is 4.85. The van der Waals surface area contributed by atoms with E-state index in [1.54, 1.807) is 0 Å². The van der Waals surface area contributed by atoms with Crippen LogP contribution in [0, 0.1) is 5.92 Å². The molecule has 0 aromatic carbocycles. The molecule has 0 heteroatoms. The monoisotopic (exact) mass is 308 g/mol. The van der Waals surface area contributed by atoms with Crippen LogP contribution < -0.4 is 0 Å². The second-order valence-electron chi connectivity index (χ2n) is 7.28. The van der Waals surface area contributed by atoms with Crippen molar-refractivity contribution in [2.45, 2.75) is 124 Å². The van der Waals surface area contributed by atoms with E-state index in [2.05, 4.69) is 32.9 Å².